The Bertz CT molecular complexity index is 447. The molecule has 7 heteroatoms. The van der Waals surface area contributed by atoms with Gasteiger partial charge in [0.1, 0.15) is 18.0 Å². The number of nitrogen functional groups attached to an aromatic ring is 1. The molecule has 0 aliphatic carbocycles. The maximum Gasteiger partial charge on any atom is 0.152 e. The first kappa shape index (κ1) is 10.3. The molecule has 0 saturated heterocycles. The lowest BCUT2D eigenvalue weighted by molar-refractivity contribution is 0.741. The summed E-state index contributed by atoms with van der Waals surface area (Å²) in [5, 5.41) is 7.28. The number of hydrogen-bond donors (Lipinski definition) is 2. The number of aromatic nitrogens is 5. The highest BCUT2D eigenvalue weighted by atomic mass is 15.3. The van der Waals surface area contributed by atoms with Crippen molar-refractivity contribution >= 4 is 11.6 Å². The first-order chi connectivity index (χ1) is 7.74. The second-order valence-electron chi connectivity index (χ2n) is 3.34. The fraction of sp³-hybridized carbons (Fsp3) is 0.333. The molecule has 0 spiro atoms. The van der Waals surface area contributed by atoms with Gasteiger partial charge in [0.25, 0.3) is 0 Å². The first-order valence-corrected chi connectivity index (χ1v) is 4.90. The molecule has 0 bridgehead atoms. The normalized spacial score (nSPS) is 10.3. The number of nitrogens with one attached hydrogen (secondary N) is 1. The predicted octanol–water partition coefficient (Wildman–Crippen LogP) is -0.158. The quantitative estimate of drug-likeness (QED) is 0.742. The van der Waals surface area contributed by atoms with Gasteiger partial charge >= 0.3 is 0 Å². The van der Waals surface area contributed by atoms with Crippen LogP contribution in [-0.4, -0.2) is 31.3 Å². The summed E-state index contributed by atoms with van der Waals surface area (Å²) in [6.07, 6.45) is 5.54. The van der Waals surface area contributed by atoms with Crippen LogP contribution >= 0.6 is 0 Å². The lowest BCUT2D eigenvalue weighted by Gasteiger charge is -2.02. The third kappa shape index (κ3) is 2.66. The fourth-order valence-corrected chi connectivity index (χ4v) is 1.23. The van der Waals surface area contributed by atoms with Gasteiger partial charge in [0.2, 0.25) is 0 Å². The van der Waals surface area contributed by atoms with Crippen LogP contribution in [0.1, 0.15) is 5.82 Å². The Hall–Kier alpha value is -2.18. The Balaban J connectivity index is 1.82. The van der Waals surface area contributed by atoms with E-state index in [1.54, 1.807) is 17.2 Å². The van der Waals surface area contributed by atoms with Gasteiger partial charge in [-0.05, 0) is 0 Å². The summed E-state index contributed by atoms with van der Waals surface area (Å²) in [6, 6.07) is 0. The van der Waals surface area contributed by atoms with Gasteiger partial charge in [-0.2, -0.15) is 5.10 Å². The number of aryl methyl sites for hydroxylation is 1. The van der Waals surface area contributed by atoms with E-state index >= 15 is 0 Å². The lowest BCUT2D eigenvalue weighted by atomic mass is 10.4. The van der Waals surface area contributed by atoms with E-state index in [9.17, 15) is 0 Å². The molecule has 3 N–H and O–H groups in total. The minimum absolute atomic E-state index is 0.414. The Morgan fingerprint density at radius 1 is 1.31 bits per heavy atom. The van der Waals surface area contributed by atoms with Crippen molar-refractivity contribution in [2.45, 2.75) is 6.42 Å². The number of rotatable bonds is 4. The summed E-state index contributed by atoms with van der Waals surface area (Å²) >= 11 is 0. The van der Waals surface area contributed by atoms with Crippen molar-refractivity contribution in [2.24, 2.45) is 7.05 Å². The molecule has 0 fully saturated rings. The van der Waals surface area contributed by atoms with E-state index in [1.165, 1.54) is 6.20 Å². The average molecular weight is 219 g/mol. The van der Waals surface area contributed by atoms with Gasteiger partial charge in [-0.15, -0.1) is 0 Å². The van der Waals surface area contributed by atoms with Crippen molar-refractivity contribution in [3.05, 3.63) is 24.5 Å². The topological polar surface area (TPSA) is 94.5 Å². The molecule has 0 aromatic carbocycles. The van der Waals surface area contributed by atoms with E-state index in [2.05, 4.69) is 25.4 Å². The van der Waals surface area contributed by atoms with Crippen LogP contribution in [0.15, 0.2) is 18.7 Å². The summed E-state index contributed by atoms with van der Waals surface area (Å²) in [7, 11) is 1.84. The molecule has 0 unspecified atom stereocenters. The Labute approximate surface area is 92.7 Å². The highest BCUT2D eigenvalue weighted by Gasteiger charge is 1.99. The lowest BCUT2D eigenvalue weighted by Crippen LogP contribution is -2.08. The summed E-state index contributed by atoms with van der Waals surface area (Å²) in [5.74, 6) is 1.92. The Morgan fingerprint density at radius 2 is 2.19 bits per heavy atom. The molecular weight excluding hydrogens is 206 g/mol. The molecule has 0 saturated carbocycles. The van der Waals surface area contributed by atoms with Crippen molar-refractivity contribution in [1.82, 2.24) is 24.7 Å². The van der Waals surface area contributed by atoms with Crippen molar-refractivity contribution in [3.63, 3.8) is 0 Å². The van der Waals surface area contributed by atoms with Crippen LogP contribution in [0.5, 0.6) is 0 Å². The third-order valence-corrected chi connectivity index (χ3v) is 1.97. The predicted molar refractivity (Wildman–Crippen MR) is 59.6 cm³/mol. The van der Waals surface area contributed by atoms with Crippen LogP contribution in [-0.2, 0) is 13.5 Å². The third-order valence-electron chi connectivity index (χ3n) is 1.97. The van der Waals surface area contributed by atoms with Gasteiger partial charge in [-0.25, -0.2) is 15.0 Å². The van der Waals surface area contributed by atoms with Gasteiger partial charge in [0, 0.05) is 20.0 Å². The minimum atomic E-state index is 0.414. The molecule has 0 atom stereocenters. The molecule has 0 aliphatic rings. The zero-order valence-electron chi connectivity index (χ0n) is 8.96. The molecule has 2 aromatic heterocycles. The number of nitrogens with zero attached hydrogens (tertiary/aromatic N) is 5. The second kappa shape index (κ2) is 4.56. The number of anilines is 2. The van der Waals surface area contributed by atoms with Gasteiger partial charge in [-0.1, -0.05) is 0 Å². The highest BCUT2D eigenvalue weighted by Crippen LogP contribution is 2.01. The molecule has 16 heavy (non-hydrogen) atoms. The molecular formula is C9H13N7. The minimum Gasteiger partial charge on any atom is -0.382 e. The SMILES string of the molecule is Cn1cnc(CCNc2cnc(N)cn2)n1. The van der Waals surface area contributed by atoms with Crippen LogP contribution in [0.25, 0.3) is 0 Å². The van der Waals surface area contributed by atoms with E-state index in [4.69, 9.17) is 5.73 Å². The van der Waals surface area contributed by atoms with Crippen molar-refractivity contribution in [3.8, 4) is 0 Å². The zero-order valence-corrected chi connectivity index (χ0v) is 8.96. The number of nitrogens with two attached hydrogens (primary N) is 1. The van der Waals surface area contributed by atoms with Crippen LogP contribution < -0.4 is 11.1 Å². The van der Waals surface area contributed by atoms with Gasteiger partial charge in [0.15, 0.2) is 5.82 Å². The summed E-state index contributed by atoms with van der Waals surface area (Å²) in [4.78, 5) is 12.1. The largest absolute Gasteiger partial charge is 0.382 e. The van der Waals surface area contributed by atoms with Crippen LogP contribution in [0.2, 0.25) is 0 Å². The summed E-state index contributed by atoms with van der Waals surface area (Å²) in [6.45, 7) is 0.711. The molecule has 0 amide bonds. The smallest absolute Gasteiger partial charge is 0.152 e. The van der Waals surface area contributed by atoms with Crippen LogP contribution in [0, 0.1) is 0 Å². The van der Waals surface area contributed by atoms with Crippen molar-refractivity contribution < 1.29 is 0 Å². The molecule has 84 valence electrons. The summed E-state index contributed by atoms with van der Waals surface area (Å²) in [5.41, 5.74) is 5.43. The molecule has 0 radical (unpaired) electrons. The van der Waals surface area contributed by atoms with Crippen LogP contribution in [0.4, 0.5) is 11.6 Å². The zero-order chi connectivity index (χ0) is 11.4. The summed E-state index contributed by atoms with van der Waals surface area (Å²) < 4.78 is 1.68. The van der Waals surface area contributed by atoms with Gasteiger partial charge in [0.05, 0.1) is 12.4 Å². The second-order valence-corrected chi connectivity index (χ2v) is 3.34. The Kier molecular flexibility index (Phi) is 2.95. The van der Waals surface area contributed by atoms with Crippen molar-refractivity contribution in [2.75, 3.05) is 17.6 Å². The maximum atomic E-state index is 5.43. The van der Waals surface area contributed by atoms with Gasteiger partial charge in [-0.3, -0.25) is 4.68 Å². The molecule has 2 rings (SSSR count). The highest BCUT2D eigenvalue weighted by molar-refractivity contribution is 5.35. The van der Waals surface area contributed by atoms with E-state index < -0.39 is 0 Å². The molecule has 7 nitrogen and oxygen atoms in total. The maximum absolute atomic E-state index is 5.43. The van der Waals surface area contributed by atoms with Crippen molar-refractivity contribution in [1.29, 1.82) is 0 Å². The molecule has 0 aliphatic heterocycles. The fourth-order valence-electron chi connectivity index (χ4n) is 1.23. The van der Waals surface area contributed by atoms with E-state index in [0.29, 0.717) is 18.2 Å². The Morgan fingerprint density at radius 3 is 2.81 bits per heavy atom. The monoisotopic (exact) mass is 219 g/mol. The van der Waals surface area contributed by atoms with E-state index in [0.717, 1.165) is 12.2 Å². The van der Waals surface area contributed by atoms with Crippen LogP contribution in [0.3, 0.4) is 0 Å². The van der Waals surface area contributed by atoms with E-state index in [-0.39, 0.29) is 0 Å². The molecule has 2 heterocycles. The number of hydrogen-bond acceptors (Lipinski definition) is 6. The standard InChI is InChI=1S/C9H13N7/c1-16-6-14-8(15-16)2-3-11-9-5-12-7(10)4-13-9/h4-6H,2-3H2,1H3,(H2,10,12)(H,11,13). The molecule has 2 aromatic rings. The van der Waals surface area contributed by atoms with Gasteiger partial charge < -0.3 is 11.1 Å². The first-order valence-electron chi connectivity index (χ1n) is 4.90. The van der Waals surface area contributed by atoms with E-state index in [1.807, 2.05) is 7.05 Å². The average Bonchev–Trinajstić information content (AvgIpc) is 2.67.